The average molecular weight is 287 g/mol. The summed E-state index contributed by atoms with van der Waals surface area (Å²) in [5.41, 5.74) is 4.12. The SMILES string of the molecule is CCCC1CC1Nc1nc(C(F)(F)F)ccc1C(N)=O. The Balaban J connectivity index is 2.22. The molecule has 3 N–H and O–H groups in total. The van der Waals surface area contributed by atoms with Crippen LogP contribution in [0.25, 0.3) is 0 Å². The monoisotopic (exact) mass is 287 g/mol. The maximum absolute atomic E-state index is 12.6. The number of hydrogen-bond acceptors (Lipinski definition) is 3. The van der Waals surface area contributed by atoms with Gasteiger partial charge in [0.25, 0.3) is 5.91 Å². The molecule has 1 aliphatic rings. The van der Waals surface area contributed by atoms with Gasteiger partial charge < -0.3 is 11.1 Å². The van der Waals surface area contributed by atoms with E-state index in [9.17, 15) is 18.0 Å². The number of rotatable bonds is 5. The second-order valence-electron chi connectivity index (χ2n) is 4.99. The first kappa shape index (κ1) is 14.6. The van der Waals surface area contributed by atoms with Crippen LogP contribution in [0.15, 0.2) is 12.1 Å². The molecule has 1 aliphatic carbocycles. The minimum absolute atomic E-state index is 0.0138. The molecule has 1 fully saturated rings. The van der Waals surface area contributed by atoms with Crippen LogP contribution in [0.5, 0.6) is 0 Å². The molecule has 110 valence electrons. The first-order chi connectivity index (χ1) is 9.32. The van der Waals surface area contributed by atoms with Gasteiger partial charge in [0.1, 0.15) is 11.5 Å². The Bertz CT molecular complexity index is 516. The first-order valence-electron chi connectivity index (χ1n) is 6.47. The van der Waals surface area contributed by atoms with Crippen LogP contribution in [0, 0.1) is 5.92 Å². The Morgan fingerprint density at radius 3 is 2.75 bits per heavy atom. The van der Waals surface area contributed by atoms with Crippen LogP contribution in [0.2, 0.25) is 0 Å². The van der Waals surface area contributed by atoms with E-state index >= 15 is 0 Å². The Morgan fingerprint density at radius 2 is 2.20 bits per heavy atom. The van der Waals surface area contributed by atoms with Crippen LogP contribution < -0.4 is 11.1 Å². The quantitative estimate of drug-likeness (QED) is 0.875. The number of aromatic nitrogens is 1. The fourth-order valence-electron chi connectivity index (χ4n) is 2.22. The summed E-state index contributed by atoms with van der Waals surface area (Å²) in [6.45, 7) is 2.05. The topological polar surface area (TPSA) is 68.0 Å². The zero-order chi connectivity index (χ0) is 14.9. The highest BCUT2D eigenvalue weighted by molar-refractivity contribution is 5.97. The first-order valence-corrected chi connectivity index (χ1v) is 6.47. The largest absolute Gasteiger partial charge is 0.433 e. The third kappa shape index (κ3) is 3.20. The van der Waals surface area contributed by atoms with Crippen molar-refractivity contribution in [1.29, 1.82) is 0 Å². The molecule has 0 saturated heterocycles. The second kappa shape index (κ2) is 5.30. The molecule has 0 aromatic carbocycles. The van der Waals surface area contributed by atoms with Crippen molar-refractivity contribution < 1.29 is 18.0 Å². The molecular weight excluding hydrogens is 271 g/mol. The number of nitrogens with two attached hydrogens (primary N) is 1. The van der Waals surface area contributed by atoms with Crippen molar-refractivity contribution in [2.24, 2.45) is 11.7 Å². The van der Waals surface area contributed by atoms with E-state index < -0.39 is 17.8 Å². The number of anilines is 1. The molecule has 1 amide bonds. The van der Waals surface area contributed by atoms with Crippen LogP contribution in [0.1, 0.15) is 42.2 Å². The summed E-state index contributed by atoms with van der Waals surface area (Å²) in [4.78, 5) is 14.8. The lowest BCUT2D eigenvalue weighted by Gasteiger charge is -2.12. The molecule has 1 aromatic rings. The van der Waals surface area contributed by atoms with Crippen molar-refractivity contribution >= 4 is 11.7 Å². The number of nitrogens with one attached hydrogen (secondary N) is 1. The van der Waals surface area contributed by atoms with Gasteiger partial charge in [-0.05, 0) is 30.9 Å². The van der Waals surface area contributed by atoms with Crippen LogP contribution >= 0.6 is 0 Å². The van der Waals surface area contributed by atoms with Crippen LogP contribution in [-0.4, -0.2) is 16.9 Å². The van der Waals surface area contributed by atoms with Crippen molar-refractivity contribution in [2.45, 2.75) is 38.4 Å². The summed E-state index contributed by atoms with van der Waals surface area (Å²) < 4.78 is 37.9. The maximum Gasteiger partial charge on any atom is 0.433 e. The summed E-state index contributed by atoms with van der Waals surface area (Å²) in [5, 5.41) is 2.90. The molecule has 2 atom stereocenters. The van der Waals surface area contributed by atoms with Crippen molar-refractivity contribution in [3.63, 3.8) is 0 Å². The zero-order valence-corrected chi connectivity index (χ0v) is 11.0. The molecule has 7 heteroatoms. The van der Waals surface area contributed by atoms with E-state index in [1.54, 1.807) is 0 Å². The average Bonchev–Trinajstić information content (AvgIpc) is 3.06. The van der Waals surface area contributed by atoms with Gasteiger partial charge in [-0.1, -0.05) is 13.3 Å². The van der Waals surface area contributed by atoms with E-state index in [0.29, 0.717) is 5.92 Å². The maximum atomic E-state index is 12.6. The number of amides is 1. The van der Waals surface area contributed by atoms with E-state index in [0.717, 1.165) is 31.4 Å². The number of pyridine rings is 1. The third-order valence-electron chi connectivity index (χ3n) is 3.36. The highest BCUT2D eigenvalue weighted by atomic mass is 19.4. The standard InChI is InChI=1S/C13H16F3N3O/c1-2-3-7-6-9(7)18-12-8(11(17)20)4-5-10(19-12)13(14,15)16/h4-5,7,9H,2-3,6H2,1H3,(H2,17,20)(H,18,19). The molecule has 0 aliphatic heterocycles. The van der Waals surface area contributed by atoms with E-state index in [1.807, 2.05) is 6.92 Å². The molecule has 0 bridgehead atoms. The predicted molar refractivity (Wildman–Crippen MR) is 68.2 cm³/mol. The highest BCUT2D eigenvalue weighted by Gasteiger charge is 2.38. The fourth-order valence-corrected chi connectivity index (χ4v) is 2.22. The molecule has 2 unspecified atom stereocenters. The molecule has 20 heavy (non-hydrogen) atoms. The van der Waals surface area contributed by atoms with E-state index in [1.165, 1.54) is 0 Å². The molecule has 4 nitrogen and oxygen atoms in total. The minimum Gasteiger partial charge on any atom is -0.366 e. The molecule has 1 heterocycles. The number of alkyl halides is 3. The van der Waals surface area contributed by atoms with Gasteiger partial charge in [0.05, 0.1) is 5.56 Å². The van der Waals surface area contributed by atoms with E-state index in [2.05, 4.69) is 10.3 Å². The lowest BCUT2D eigenvalue weighted by Crippen LogP contribution is -2.19. The summed E-state index contributed by atoms with van der Waals surface area (Å²) in [5.74, 6) is -0.436. The molecule has 1 saturated carbocycles. The van der Waals surface area contributed by atoms with E-state index in [4.69, 9.17) is 5.73 Å². The lowest BCUT2D eigenvalue weighted by molar-refractivity contribution is -0.141. The normalized spacial score (nSPS) is 21.6. The molecule has 0 spiro atoms. The molecule has 1 aromatic heterocycles. The van der Waals surface area contributed by atoms with E-state index in [-0.39, 0.29) is 17.4 Å². The second-order valence-corrected chi connectivity index (χ2v) is 4.99. The Morgan fingerprint density at radius 1 is 1.50 bits per heavy atom. The highest BCUT2D eigenvalue weighted by Crippen LogP contribution is 2.38. The van der Waals surface area contributed by atoms with Gasteiger partial charge in [-0.3, -0.25) is 4.79 Å². The van der Waals surface area contributed by atoms with Gasteiger partial charge in [-0.15, -0.1) is 0 Å². The van der Waals surface area contributed by atoms with Crippen molar-refractivity contribution in [3.8, 4) is 0 Å². The fraction of sp³-hybridized carbons (Fsp3) is 0.538. The summed E-state index contributed by atoms with van der Waals surface area (Å²) in [6.07, 6.45) is -1.65. The third-order valence-corrected chi connectivity index (χ3v) is 3.36. The Hall–Kier alpha value is -1.79. The van der Waals surface area contributed by atoms with Crippen LogP contribution in [0.3, 0.4) is 0 Å². The summed E-state index contributed by atoms with van der Waals surface area (Å²) in [7, 11) is 0. The number of nitrogens with zero attached hydrogens (tertiary/aromatic N) is 1. The Kier molecular flexibility index (Phi) is 3.87. The number of halogens is 3. The van der Waals surface area contributed by atoms with Gasteiger partial charge in [0.15, 0.2) is 0 Å². The molecular formula is C13H16F3N3O. The molecule has 0 radical (unpaired) electrons. The predicted octanol–water partition coefficient (Wildman–Crippen LogP) is 2.80. The summed E-state index contributed by atoms with van der Waals surface area (Å²) in [6, 6.07) is 1.91. The minimum atomic E-state index is -4.54. The van der Waals surface area contributed by atoms with Gasteiger partial charge in [-0.25, -0.2) is 4.98 Å². The Labute approximate surface area is 114 Å². The van der Waals surface area contributed by atoms with Crippen molar-refractivity contribution in [3.05, 3.63) is 23.4 Å². The van der Waals surface area contributed by atoms with Gasteiger partial charge in [0.2, 0.25) is 0 Å². The van der Waals surface area contributed by atoms with Gasteiger partial charge in [0, 0.05) is 6.04 Å². The van der Waals surface area contributed by atoms with Gasteiger partial charge in [-0.2, -0.15) is 13.2 Å². The lowest BCUT2D eigenvalue weighted by atomic mass is 10.2. The number of primary amides is 1. The van der Waals surface area contributed by atoms with Crippen LogP contribution in [0.4, 0.5) is 19.0 Å². The van der Waals surface area contributed by atoms with Crippen molar-refractivity contribution in [2.75, 3.05) is 5.32 Å². The van der Waals surface area contributed by atoms with Crippen molar-refractivity contribution in [1.82, 2.24) is 4.98 Å². The van der Waals surface area contributed by atoms with Crippen LogP contribution in [-0.2, 0) is 6.18 Å². The number of carbonyl (C=O) groups excluding carboxylic acids is 1. The molecule has 2 rings (SSSR count). The summed E-state index contributed by atoms with van der Waals surface area (Å²) >= 11 is 0. The number of carbonyl (C=O) groups is 1. The number of hydrogen-bond donors (Lipinski definition) is 2. The smallest absolute Gasteiger partial charge is 0.366 e. The van der Waals surface area contributed by atoms with Gasteiger partial charge >= 0.3 is 6.18 Å². The zero-order valence-electron chi connectivity index (χ0n) is 11.0.